The van der Waals surface area contributed by atoms with Crippen LogP contribution in [0.15, 0.2) is 41.8 Å². The molecule has 0 spiro atoms. The lowest BCUT2D eigenvalue weighted by Crippen LogP contribution is -2.09. The van der Waals surface area contributed by atoms with Crippen LogP contribution in [-0.2, 0) is 0 Å². The van der Waals surface area contributed by atoms with E-state index in [1.807, 2.05) is 29.6 Å². The molecule has 0 saturated heterocycles. The van der Waals surface area contributed by atoms with Gasteiger partial charge >= 0.3 is 0 Å². The summed E-state index contributed by atoms with van der Waals surface area (Å²) in [4.78, 5) is 1.14. The van der Waals surface area contributed by atoms with Crippen LogP contribution in [0, 0.1) is 11.3 Å². The summed E-state index contributed by atoms with van der Waals surface area (Å²) in [5.41, 5.74) is 7.78. The van der Waals surface area contributed by atoms with Crippen molar-refractivity contribution in [3.63, 3.8) is 0 Å². The van der Waals surface area contributed by atoms with Crippen molar-refractivity contribution in [2.24, 2.45) is 5.73 Å². The molecule has 1 atom stereocenters. The van der Waals surface area contributed by atoms with Crippen LogP contribution in [0.1, 0.15) is 22.0 Å². The number of nitriles is 1. The van der Waals surface area contributed by atoms with E-state index in [1.54, 1.807) is 23.5 Å². The minimum atomic E-state index is -0.0854. The lowest BCUT2D eigenvalue weighted by Gasteiger charge is -2.09. The van der Waals surface area contributed by atoms with E-state index < -0.39 is 0 Å². The van der Waals surface area contributed by atoms with Gasteiger partial charge in [-0.2, -0.15) is 5.26 Å². The molecule has 1 aromatic carbocycles. The van der Waals surface area contributed by atoms with Crippen molar-refractivity contribution >= 4 is 23.7 Å². The van der Waals surface area contributed by atoms with Gasteiger partial charge < -0.3 is 5.73 Å². The molecular formula is C12H11ClN2S. The summed E-state index contributed by atoms with van der Waals surface area (Å²) in [6.45, 7) is 0. The fourth-order valence-electron chi connectivity index (χ4n) is 1.40. The summed E-state index contributed by atoms with van der Waals surface area (Å²) in [6.07, 6.45) is 0. The summed E-state index contributed by atoms with van der Waals surface area (Å²) >= 11 is 1.65. The maximum Gasteiger partial charge on any atom is 0.0991 e. The van der Waals surface area contributed by atoms with Crippen LogP contribution in [0.4, 0.5) is 0 Å². The minimum absolute atomic E-state index is 0. The molecule has 4 heteroatoms. The molecular weight excluding hydrogens is 240 g/mol. The Morgan fingerprint density at radius 3 is 2.38 bits per heavy atom. The molecule has 2 rings (SSSR count). The highest BCUT2D eigenvalue weighted by Crippen LogP contribution is 2.23. The van der Waals surface area contributed by atoms with E-state index in [0.717, 1.165) is 10.4 Å². The van der Waals surface area contributed by atoms with Crippen LogP contribution < -0.4 is 5.73 Å². The first-order chi connectivity index (χ1) is 7.31. The number of nitrogens with two attached hydrogens (primary N) is 1. The Labute approximate surface area is 105 Å². The molecule has 1 aromatic heterocycles. The first kappa shape index (κ1) is 12.7. The number of hydrogen-bond donors (Lipinski definition) is 1. The Bertz CT molecular complexity index is 471. The van der Waals surface area contributed by atoms with Crippen molar-refractivity contribution in [1.82, 2.24) is 0 Å². The van der Waals surface area contributed by atoms with Gasteiger partial charge in [-0.1, -0.05) is 18.2 Å². The van der Waals surface area contributed by atoms with Crippen molar-refractivity contribution in [2.45, 2.75) is 6.04 Å². The predicted octanol–water partition coefficient (Wildman–Crippen LogP) is 3.09. The highest BCUT2D eigenvalue weighted by molar-refractivity contribution is 7.10. The summed E-state index contributed by atoms with van der Waals surface area (Å²) in [5, 5.41) is 10.7. The Balaban J connectivity index is 0.00000128. The van der Waals surface area contributed by atoms with Gasteiger partial charge in [0.2, 0.25) is 0 Å². The Morgan fingerprint density at radius 1 is 1.19 bits per heavy atom. The largest absolute Gasteiger partial charge is 0.320 e. The van der Waals surface area contributed by atoms with Crippen molar-refractivity contribution in [2.75, 3.05) is 0 Å². The number of benzene rings is 1. The fraction of sp³-hybridized carbons (Fsp3) is 0.0833. The standard InChI is InChI=1S/C12H10N2S.ClH/c13-8-9-3-5-10(6-4-9)12(14)11-2-1-7-15-11;/h1-7,12H,14H2;1H/t12-;/m0./s1. The molecule has 0 unspecified atom stereocenters. The second-order valence-electron chi connectivity index (χ2n) is 3.23. The third kappa shape index (κ3) is 2.61. The van der Waals surface area contributed by atoms with Crippen molar-refractivity contribution in [3.05, 3.63) is 57.8 Å². The van der Waals surface area contributed by atoms with Gasteiger partial charge in [0.05, 0.1) is 17.7 Å². The van der Waals surface area contributed by atoms with E-state index in [0.29, 0.717) is 5.56 Å². The summed E-state index contributed by atoms with van der Waals surface area (Å²) in [6, 6.07) is 13.4. The second-order valence-corrected chi connectivity index (χ2v) is 4.21. The normalized spacial score (nSPS) is 11.2. The Kier molecular flexibility index (Phi) is 4.51. The lowest BCUT2D eigenvalue weighted by molar-refractivity contribution is 0.893. The Morgan fingerprint density at radius 2 is 1.88 bits per heavy atom. The van der Waals surface area contributed by atoms with Crippen LogP contribution in [0.25, 0.3) is 0 Å². The maximum absolute atomic E-state index is 8.67. The van der Waals surface area contributed by atoms with Crippen molar-refractivity contribution < 1.29 is 0 Å². The third-order valence-corrected chi connectivity index (χ3v) is 3.20. The highest BCUT2D eigenvalue weighted by Gasteiger charge is 2.08. The van der Waals surface area contributed by atoms with Gasteiger partial charge in [0.25, 0.3) is 0 Å². The number of hydrogen-bond acceptors (Lipinski definition) is 3. The van der Waals surface area contributed by atoms with Gasteiger partial charge in [-0.05, 0) is 29.1 Å². The average Bonchev–Trinajstić information content (AvgIpc) is 2.82. The number of nitrogens with zero attached hydrogens (tertiary/aromatic N) is 1. The maximum atomic E-state index is 8.67. The van der Waals surface area contributed by atoms with Gasteiger partial charge in [0.1, 0.15) is 0 Å². The predicted molar refractivity (Wildman–Crippen MR) is 68.8 cm³/mol. The average molecular weight is 251 g/mol. The Hall–Kier alpha value is -1.34. The number of halogens is 1. The lowest BCUT2D eigenvalue weighted by atomic mass is 10.0. The van der Waals surface area contributed by atoms with Gasteiger partial charge in [-0.25, -0.2) is 0 Å². The molecule has 1 heterocycles. The first-order valence-electron chi connectivity index (χ1n) is 4.60. The fourth-order valence-corrected chi connectivity index (χ4v) is 2.15. The number of thiophene rings is 1. The summed E-state index contributed by atoms with van der Waals surface area (Å²) in [7, 11) is 0. The molecule has 0 fully saturated rings. The third-order valence-electron chi connectivity index (χ3n) is 2.25. The second kappa shape index (κ2) is 5.66. The molecule has 2 nitrogen and oxygen atoms in total. The SMILES string of the molecule is Cl.N#Cc1ccc([C@H](N)c2cccs2)cc1. The molecule has 16 heavy (non-hydrogen) atoms. The van der Waals surface area contributed by atoms with Gasteiger partial charge in [0.15, 0.2) is 0 Å². The van der Waals surface area contributed by atoms with E-state index in [1.165, 1.54) is 0 Å². The quantitative estimate of drug-likeness (QED) is 0.891. The van der Waals surface area contributed by atoms with Crippen molar-refractivity contribution in [3.8, 4) is 6.07 Å². The molecule has 2 aromatic rings. The van der Waals surface area contributed by atoms with Crippen LogP contribution in [0.3, 0.4) is 0 Å². The minimum Gasteiger partial charge on any atom is -0.320 e. The smallest absolute Gasteiger partial charge is 0.0991 e. The summed E-state index contributed by atoms with van der Waals surface area (Å²) < 4.78 is 0. The van der Waals surface area contributed by atoms with Gasteiger partial charge in [-0.15, -0.1) is 23.7 Å². The highest BCUT2D eigenvalue weighted by atomic mass is 35.5. The summed E-state index contributed by atoms with van der Waals surface area (Å²) in [5.74, 6) is 0. The topological polar surface area (TPSA) is 49.8 Å². The molecule has 0 aliphatic heterocycles. The van der Waals surface area contributed by atoms with Crippen LogP contribution >= 0.6 is 23.7 Å². The molecule has 0 amide bonds. The van der Waals surface area contributed by atoms with E-state index in [-0.39, 0.29) is 18.4 Å². The zero-order valence-electron chi connectivity index (χ0n) is 8.46. The number of rotatable bonds is 2. The van der Waals surface area contributed by atoms with E-state index in [9.17, 15) is 0 Å². The van der Waals surface area contributed by atoms with E-state index in [4.69, 9.17) is 11.0 Å². The van der Waals surface area contributed by atoms with Gasteiger partial charge in [0, 0.05) is 4.88 Å². The molecule has 0 aliphatic carbocycles. The zero-order valence-corrected chi connectivity index (χ0v) is 10.1. The molecule has 0 aliphatic rings. The van der Waals surface area contributed by atoms with E-state index >= 15 is 0 Å². The molecule has 0 bridgehead atoms. The van der Waals surface area contributed by atoms with Crippen LogP contribution in [0.2, 0.25) is 0 Å². The molecule has 0 saturated carbocycles. The molecule has 2 N–H and O–H groups in total. The monoisotopic (exact) mass is 250 g/mol. The molecule has 82 valence electrons. The van der Waals surface area contributed by atoms with Crippen LogP contribution in [-0.4, -0.2) is 0 Å². The van der Waals surface area contributed by atoms with Gasteiger partial charge in [-0.3, -0.25) is 0 Å². The zero-order chi connectivity index (χ0) is 10.7. The first-order valence-corrected chi connectivity index (χ1v) is 5.48. The molecule has 0 radical (unpaired) electrons. The van der Waals surface area contributed by atoms with E-state index in [2.05, 4.69) is 6.07 Å². The van der Waals surface area contributed by atoms with Crippen LogP contribution in [0.5, 0.6) is 0 Å². The van der Waals surface area contributed by atoms with Crippen molar-refractivity contribution in [1.29, 1.82) is 5.26 Å².